The van der Waals surface area contributed by atoms with Crippen molar-refractivity contribution < 1.29 is 0 Å². The molecule has 0 aliphatic heterocycles. The van der Waals surface area contributed by atoms with Gasteiger partial charge in [-0.15, -0.1) is 45.5 Å². The normalized spacial score (nSPS) is 11.3. The number of nitrogens with one attached hydrogen (secondary N) is 2. The Bertz CT molecular complexity index is 1120. The minimum Gasteiger partial charge on any atom is -0.357 e. The summed E-state index contributed by atoms with van der Waals surface area (Å²) >= 11 is 1.71. The second-order valence-corrected chi connectivity index (χ2v) is 7.57. The summed E-state index contributed by atoms with van der Waals surface area (Å²) in [5.74, 6) is 1.55. The molecule has 0 saturated carbocycles. The molecule has 0 radical (unpaired) electrons. The van der Waals surface area contributed by atoms with Crippen LogP contribution in [0.15, 0.2) is 59.7 Å². The molecule has 1 aromatic carbocycles. The van der Waals surface area contributed by atoms with Gasteiger partial charge in [-0.2, -0.15) is 0 Å². The van der Waals surface area contributed by atoms with Crippen LogP contribution in [-0.2, 0) is 13.1 Å². The third-order valence-corrected chi connectivity index (χ3v) is 5.64. The van der Waals surface area contributed by atoms with Gasteiger partial charge in [-0.1, -0.05) is 36.4 Å². The number of aryl methyl sites for hydroxylation is 1. The summed E-state index contributed by atoms with van der Waals surface area (Å²) in [6, 6.07) is 16.1. The number of rotatable bonds is 6. The molecule has 3 aromatic heterocycles. The predicted octanol–water partition coefficient (Wildman–Crippen LogP) is 4.03. The summed E-state index contributed by atoms with van der Waals surface area (Å²) in [6.07, 6.45) is 1.95. The van der Waals surface area contributed by atoms with E-state index in [4.69, 9.17) is 4.98 Å². The molecule has 0 fully saturated rings. The van der Waals surface area contributed by atoms with E-state index >= 15 is 0 Å². The second kappa shape index (κ2) is 10.5. The van der Waals surface area contributed by atoms with Gasteiger partial charge in [0.1, 0.15) is 11.6 Å². The van der Waals surface area contributed by atoms with E-state index in [2.05, 4.69) is 44.9 Å². The average molecular weight is 533 g/mol. The van der Waals surface area contributed by atoms with Crippen LogP contribution < -0.4 is 10.6 Å². The molecule has 0 aliphatic rings. The van der Waals surface area contributed by atoms with Gasteiger partial charge in [0, 0.05) is 23.2 Å². The standard InChI is InChI=1S/C21H23N7S.HI/c1-3-22-21(24-14-19-27-26-18-11-7-8-12-28(18)19)23-13-17-15(2)25-20(29-17)16-9-5-4-6-10-16;/h4-12H,3,13-14H2,1-2H3,(H2,22,23,24);1H. The predicted molar refractivity (Wildman–Crippen MR) is 132 cm³/mol. The van der Waals surface area contributed by atoms with Crippen LogP contribution in [0.4, 0.5) is 0 Å². The highest BCUT2D eigenvalue weighted by Crippen LogP contribution is 2.27. The number of hydrogen-bond acceptors (Lipinski definition) is 5. The number of aromatic nitrogens is 4. The number of thiazole rings is 1. The molecule has 0 bridgehead atoms. The van der Waals surface area contributed by atoms with E-state index in [1.54, 1.807) is 11.3 Å². The fourth-order valence-electron chi connectivity index (χ4n) is 2.95. The molecule has 3 heterocycles. The van der Waals surface area contributed by atoms with E-state index in [0.717, 1.165) is 40.2 Å². The molecule has 7 nitrogen and oxygen atoms in total. The number of nitrogens with zero attached hydrogens (tertiary/aromatic N) is 5. The fraction of sp³-hybridized carbons (Fsp3) is 0.238. The summed E-state index contributed by atoms with van der Waals surface area (Å²) in [6.45, 7) is 5.99. The maximum atomic E-state index is 4.72. The van der Waals surface area contributed by atoms with Crippen LogP contribution in [0.2, 0.25) is 0 Å². The topological polar surface area (TPSA) is 79.5 Å². The maximum absolute atomic E-state index is 4.72. The minimum atomic E-state index is 0. The lowest BCUT2D eigenvalue weighted by atomic mass is 10.2. The monoisotopic (exact) mass is 533 g/mol. The number of guanidine groups is 1. The largest absolute Gasteiger partial charge is 0.357 e. The molecule has 30 heavy (non-hydrogen) atoms. The van der Waals surface area contributed by atoms with E-state index in [-0.39, 0.29) is 24.0 Å². The Morgan fingerprint density at radius 2 is 1.87 bits per heavy atom. The van der Waals surface area contributed by atoms with Crippen molar-refractivity contribution >= 4 is 46.9 Å². The van der Waals surface area contributed by atoms with Crippen LogP contribution in [0.5, 0.6) is 0 Å². The number of hydrogen-bond donors (Lipinski definition) is 2. The van der Waals surface area contributed by atoms with Crippen LogP contribution in [0.25, 0.3) is 16.2 Å². The lowest BCUT2D eigenvalue weighted by molar-refractivity contribution is 0.801. The van der Waals surface area contributed by atoms with Crippen molar-refractivity contribution in [3.05, 3.63) is 71.1 Å². The van der Waals surface area contributed by atoms with E-state index in [9.17, 15) is 0 Å². The second-order valence-electron chi connectivity index (χ2n) is 6.49. The Kier molecular flexibility index (Phi) is 7.75. The SMILES string of the molecule is CCNC(=NCc1nnc2ccccn12)NCc1sc(-c2ccccc2)nc1C.I. The molecule has 4 rings (SSSR count). The van der Waals surface area contributed by atoms with Crippen molar-refractivity contribution in [2.24, 2.45) is 4.99 Å². The van der Waals surface area contributed by atoms with Crippen molar-refractivity contribution in [3.8, 4) is 10.6 Å². The van der Waals surface area contributed by atoms with Gasteiger partial charge >= 0.3 is 0 Å². The zero-order chi connectivity index (χ0) is 20.1. The van der Waals surface area contributed by atoms with Crippen LogP contribution in [-0.4, -0.2) is 32.1 Å². The smallest absolute Gasteiger partial charge is 0.191 e. The fourth-order valence-corrected chi connectivity index (χ4v) is 3.96. The van der Waals surface area contributed by atoms with E-state index in [1.807, 2.05) is 53.9 Å². The first-order chi connectivity index (χ1) is 14.2. The lowest BCUT2D eigenvalue weighted by Gasteiger charge is -2.10. The van der Waals surface area contributed by atoms with Gasteiger partial charge in [0.2, 0.25) is 0 Å². The molecule has 0 atom stereocenters. The molecule has 0 unspecified atom stereocenters. The Morgan fingerprint density at radius 3 is 2.67 bits per heavy atom. The van der Waals surface area contributed by atoms with Gasteiger partial charge < -0.3 is 10.6 Å². The van der Waals surface area contributed by atoms with Gasteiger partial charge in [-0.05, 0) is 26.0 Å². The first-order valence-electron chi connectivity index (χ1n) is 9.57. The Morgan fingerprint density at radius 1 is 1.07 bits per heavy atom. The first-order valence-corrected chi connectivity index (χ1v) is 10.4. The lowest BCUT2D eigenvalue weighted by Crippen LogP contribution is -2.36. The zero-order valence-electron chi connectivity index (χ0n) is 16.9. The average Bonchev–Trinajstić information content (AvgIpc) is 3.34. The van der Waals surface area contributed by atoms with Crippen molar-refractivity contribution in [2.75, 3.05) is 6.54 Å². The number of halogens is 1. The zero-order valence-corrected chi connectivity index (χ0v) is 20.0. The van der Waals surface area contributed by atoms with Crippen molar-refractivity contribution in [1.82, 2.24) is 30.2 Å². The van der Waals surface area contributed by atoms with Gasteiger partial charge in [0.25, 0.3) is 0 Å². The van der Waals surface area contributed by atoms with E-state index in [0.29, 0.717) is 13.1 Å². The molecule has 2 N–H and O–H groups in total. The molecule has 9 heteroatoms. The third-order valence-electron chi connectivity index (χ3n) is 4.44. The van der Waals surface area contributed by atoms with Crippen molar-refractivity contribution in [3.63, 3.8) is 0 Å². The third kappa shape index (κ3) is 5.14. The summed E-state index contributed by atoms with van der Waals surface area (Å²) in [5, 5.41) is 16.1. The van der Waals surface area contributed by atoms with Gasteiger partial charge in [-0.3, -0.25) is 4.40 Å². The molecule has 156 valence electrons. The van der Waals surface area contributed by atoms with Crippen LogP contribution in [0.3, 0.4) is 0 Å². The molecule has 0 aliphatic carbocycles. The summed E-state index contributed by atoms with van der Waals surface area (Å²) in [5.41, 5.74) is 3.01. The van der Waals surface area contributed by atoms with E-state index in [1.165, 1.54) is 4.88 Å². The van der Waals surface area contributed by atoms with Gasteiger partial charge in [0.15, 0.2) is 17.4 Å². The highest BCUT2D eigenvalue weighted by molar-refractivity contribution is 14.0. The van der Waals surface area contributed by atoms with Crippen LogP contribution >= 0.6 is 35.3 Å². The summed E-state index contributed by atoms with van der Waals surface area (Å²) in [4.78, 5) is 10.6. The highest BCUT2D eigenvalue weighted by Gasteiger charge is 2.10. The molecular weight excluding hydrogens is 509 g/mol. The Balaban J connectivity index is 0.00000256. The molecular formula is C21H24IN7S. The van der Waals surface area contributed by atoms with Gasteiger partial charge in [-0.25, -0.2) is 9.98 Å². The number of aliphatic imine (C=N–C) groups is 1. The quantitative estimate of drug-likeness (QED) is 0.222. The first kappa shape index (κ1) is 22.2. The Hall–Kier alpha value is -2.53. The molecule has 0 saturated heterocycles. The molecule has 0 spiro atoms. The minimum absolute atomic E-state index is 0. The Labute approximate surface area is 196 Å². The number of pyridine rings is 1. The number of fused-ring (bicyclic) bond motifs is 1. The summed E-state index contributed by atoms with van der Waals surface area (Å²) < 4.78 is 1.95. The van der Waals surface area contributed by atoms with Crippen molar-refractivity contribution in [2.45, 2.75) is 26.9 Å². The number of benzene rings is 1. The molecule has 0 amide bonds. The molecule has 4 aromatic rings. The summed E-state index contributed by atoms with van der Waals surface area (Å²) in [7, 11) is 0. The maximum Gasteiger partial charge on any atom is 0.191 e. The van der Waals surface area contributed by atoms with Crippen LogP contribution in [0.1, 0.15) is 23.3 Å². The van der Waals surface area contributed by atoms with Gasteiger partial charge in [0.05, 0.1) is 12.2 Å². The van der Waals surface area contributed by atoms with E-state index < -0.39 is 0 Å². The van der Waals surface area contributed by atoms with Crippen LogP contribution in [0, 0.1) is 6.92 Å². The van der Waals surface area contributed by atoms with Crippen molar-refractivity contribution in [1.29, 1.82) is 0 Å². The highest BCUT2D eigenvalue weighted by atomic mass is 127.